The maximum absolute atomic E-state index is 11.9. The number of hydrogen-bond acceptors (Lipinski definition) is 4. The average molecular weight is 274 g/mol. The van der Waals surface area contributed by atoms with E-state index < -0.39 is 0 Å². The lowest BCUT2D eigenvalue weighted by Crippen LogP contribution is -2.32. The number of carbonyl (C=O) groups excluding carboxylic acids is 1. The zero-order valence-electron chi connectivity index (χ0n) is 10.4. The van der Waals surface area contributed by atoms with Crippen LogP contribution >= 0.6 is 11.5 Å². The monoisotopic (exact) mass is 274 g/mol. The van der Waals surface area contributed by atoms with Crippen molar-refractivity contribution in [2.75, 3.05) is 18.4 Å². The Balaban J connectivity index is 1.67. The molecule has 0 atom stereocenters. The van der Waals surface area contributed by atoms with E-state index in [-0.39, 0.29) is 6.03 Å². The molecule has 6 heteroatoms. The van der Waals surface area contributed by atoms with Gasteiger partial charge in [-0.15, -0.1) is 5.10 Å². The molecule has 1 N–H and O–H groups in total. The van der Waals surface area contributed by atoms with Gasteiger partial charge in [-0.25, -0.2) is 4.79 Å². The molecule has 0 radical (unpaired) electrons. The maximum Gasteiger partial charge on any atom is 0.321 e. The molecule has 0 saturated carbocycles. The van der Waals surface area contributed by atoms with Crippen molar-refractivity contribution in [3.05, 3.63) is 29.6 Å². The van der Waals surface area contributed by atoms with Gasteiger partial charge >= 0.3 is 6.03 Å². The van der Waals surface area contributed by atoms with Crippen LogP contribution in [0.2, 0.25) is 0 Å². The summed E-state index contributed by atoms with van der Waals surface area (Å²) in [5, 5.41) is 8.82. The Morgan fingerprint density at radius 3 is 2.58 bits per heavy atom. The third-order valence-electron chi connectivity index (χ3n) is 3.19. The van der Waals surface area contributed by atoms with E-state index in [0.29, 0.717) is 0 Å². The number of rotatable bonds is 2. The molecule has 1 aliphatic heterocycles. The summed E-state index contributed by atoms with van der Waals surface area (Å²) in [5.41, 5.74) is 2.68. The van der Waals surface area contributed by atoms with E-state index in [1.54, 1.807) is 0 Å². The first kappa shape index (κ1) is 12.1. The lowest BCUT2D eigenvalue weighted by Gasteiger charge is -2.16. The van der Waals surface area contributed by atoms with Crippen LogP contribution in [0.3, 0.4) is 0 Å². The van der Waals surface area contributed by atoms with E-state index in [0.717, 1.165) is 42.9 Å². The Kier molecular flexibility index (Phi) is 3.41. The Morgan fingerprint density at radius 2 is 1.95 bits per heavy atom. The van der Waals surface area contributed by atoms with Crippen molar-refractivity contribution in [2.45, 2.75) is 12.8 Å². The molecule has 19 heavy (non-hydrogen) atoms. The quantitative estimate of drug-likeness (QED) is 0.916. The predicted molar refractivity (Wildman–Crippen MR) is 75.2 cm³/mol. The van der Waals surface area contributed by atoms with Crippen molar-refractivity contribution < 1.29 is 4.79 Å². The van der Waals surface area contributed by atoms with E-state index >= 15 is 0 Å². The summed E-state index contributed by atoms with van der Waals surface area (Å²) in [6, 6.07) is 7.65. The number of nitrogens with zero attached hydrogens (tertiary/aromatic N) is 3. The number of carbonyl (C=O) groups is 1. The molecule has 0 spiro atoms. The second kappa shape index (κ2) is 5.36. The molecule has 2 aromatic rings. The van der Waals surface area contributed by atoms with Crippen LogP contribution in [0.25, 0.3) is 11.3 Å². The van der Waals surface area contributed by atoms with Crippen molar-refractivity contribution in [2.24, 2.45) is 0 Å². The van der Waals surface area contributed by atoms with Gasteiger partial charge in [0.05, 0.1) is 0 Å². The lowest BCUT2D eigenvalue weighted by atomic mass is 10.1. The summed E-state index contributed by atoms with van der Waals surface area (Å²) in [7, 11) is 0. The molecule has 0 unspecified atom stereocenters. The van der Waals surface area contributed by atoms with Crippen LogP contribution < -0.4 is 5.32 Å². The molecule has 1 aromatic carbocycles. The van der Waals surface area contributed by atoms with E-state index in [1.807, 2.05) is 34.5 Å². The number of anilines is 1. The van der Waals surface area contributed by atoms with Crippen LogP contribution in [0.15, 0.2) is 29.6 Å². The molecule has 0 bridgehead atoms. The van der Waals surface area contributed by atoms with Crippen LogP contribution in [0.4, 0.5) is 10.5 Å². The highest BCUT2D eigenvalue weighted by atomic mass is 32.1. The van der Waals surface area contributed by atoms with Gasteiger partial charge in [0, 0.05) is 29.7 Å². The molecule has 98 valence electrons. The number of aromatic nitrogens is 2. The summed E-state index contributed by atoms with van der Waals surface area (Å²) in [5.74, 6) is 0. The number of amides is 2. The van der Waals surface area contributed by atoms with Gasteiger partial charge in [0.1, 0.15) is 5.69 Å². The van der Waals surface area contributed by atoms with Gasteiger partial charge in [-0.3, -0.25) is 0 Å². The summed E-state index contributed by atoms with van der Waals surface area (Å²) in [6.45, 7) is 1.71. The molecule has 1 fully saturated rings. The predicted octanol–water partition coefficient (Wildman–Crippen LogP) is 2.83. The van der Waals surface area contributed by atoms with Gasteiger partial charge in [-0.05, 0) is 36.5 Å². The maximum atomic E-state index is 11.9. The topological polar surface area (TPSA) is 58.1 Å². The zero-order valence-corrected chi connectivity index (χ0v) is 11.2. The smallest absolute Gasteiger partial charge is 0.321 e. The number of urea groups is 1. The third kappa shape index (κ3) is 2.73. The number of likely N-dealkylation sites (tertiary alicyclic amines) is 1. The number of hydrogen-bond donors (Lipinski definition) is 1. The molecule has 2 amide bonds. The standard InChI is InChI=1S/C13H14N4OS/c18-13(17-7-1-2-8-17)14-11-5-3-10(4-6-11)12-9-19-16-15-12/h3-6,9H,1-2,7-8H2,(H,14,18). The molecule has 1 aliphatic rings. The van der Waals surface area contributed by atoms with Gasteiger partial charge in [-0.1, -0.05) is 16.6 Å². The Bertz CT molecular complexity index is 547. The SMILES string of the molecule is O=C(Nc1ccc(-c2csnn2)cc1)N1CCCC1. The molecule has 0 aliphatic carbocycles. The van der Waals surface area contributed by atoms with E-state index in [9.17, 15) is 4.79 Å². The highest BCUT2D eigenvalue weighted by molar-refractivity contribution is 7.03. The van der Waals surface area contributed by atoms with Crippen molar-refractivity contribution in [1.82, 2.24) is 14.5 Å². The Morgan fingerprint density at radius 1 is 1.21 bits per heavy atom. The van der Waals surface area contributed by atoms with Crippen LogP contribution in [0.1, 0.15) is 12.8 Å². The fourth-order valence-electron chi connectivity index (χ4n) is 2.14. The van der Waals surface area contributed by atoms with Crippen LogP contribution in [0, 0.1) is 0 Å². The molecule has 2 heterocycles. The Hall–Kier alpha value is -1.95. The Labute approximate surface area is 115 Å². The van der Waals surface area contributed by atoms with E-state index in [4.69, 9.17) is 0 Å². The van der Waals surface area contributed by atoms with Gasteiger partial charge < -0.3 is 10.2 Å². The zero-order chi connectivity index (χ0) is 13.1. The summed E-state index contributed by atoms with van der Waals surface area (Å²) >= 11 is 1.33. The molecular formula is C13H14N4OS. The normalized spacial score (nSPS) is 14.6. The summed E-state index contributed by atoms with van der Waals surface area (Å²) in [6.07, 6.45) is 2.20. The molecule has 3 rings (SSSR count). The summed E-state index contributed by atoms with van der Waals surface area (Å²) in [4.78, 5) is 13.8. The fraction of sp³-hybridized carbons (Fsp3) is 0.308. The van der Waals surface area contributed by atoms with Crippen molar-refractivity contribution in [1.29, 1.82) is 0 Å². The highest BCUT2D eigenvalue weighted by Gasteiger charge is 2.17. The minimum absolute atomic E-state index is 0.0134. The molecular weight excluding hydrogens is 260 g/mol. The van der Waals surface area contributed by atoms with Gasteiger partial charge in [0.2, 0.25) is 0 Å². The van der Waals surface area contributed by atoms with Crippen molar-refractivity contribution in [3.8, 4) is 11.3 Å². The van der Waals surface area contributed by atoms with Crippen LogP contribution in [0.5, 0.6) is 0 Å². The first-order valence-corrected chi connectivity index (χ1v) is 7.10. The molecule has 1 aromatic heterocycles. The average Bonchev–Trinajstić information content (AvgIpc) is 3.13. The van der Waals surface area contributed by atoms with Crippen LogP contribution in [-0.2, 0) is 0 Å². The van der Waals surface area contributed by atoms with Crippen molar-refractivity contribution >= 4 is 23.3 Å². The molecule has 1 saturated heterocycles. The van der Waals surface area contributed by atoms with E-state index in [1.165, 1.54) is 11.5 Å². The number of nitrogens with one attached hydrogen (secondary N) is 1. The summed E-state index contributed by atoms with van der Waals surface area (Å²) < 4.78 is 3.84. The second-order valence-electron chi connectivity index (χ2n) is 4.49. The largest absolute Gasteiger partial charge is 0.325 e. The molecule has 5 nitrogen and oxygen atoms in total. The van der Waals surface area contributed by atoms with Crippen LogP contribution in [-0.4, -0.2) is 33.6 Å². The van der Waals surface area contributed by atoms with Gasteiger partial charge in [0.15, 0.2) is 0 Å². The number of benzene rings is 1. The van der Waals surface area contributed by atoms with Crippen molar-refractivity contribution in [3.63, 3.8) is 0 Å². The minimum Gasteiger partial charge on any atom is -0.325 e. The highest BCUT2D eigenvalue weighted by Crippen LogP contribution is 2.20. The van der Waals surface area contributed by atoms with Gasteiger partial charge in [-0.2, -0.15) is 0 Å². The second-order valence-corrected chi connectivity index (χ2v) is 5.10. The lowest BCUT2D eigenvalue weighted by molar-refractivity contribution is 0.222. The first-order valence-electron chi connectivity index (χ1n) is 6.26. The third-order valence-corrected chi connectivity index (χ3v) is 3.69. The first-order chi connectivity index (χ1) is 9.33. The minimum atomic E-state index is -0.0134. The fourth-order valence-corrected chi connectivity index (χ4v) is 2.60. The van der Waals surface area contributed by atoms with Gasteiger partial charge in [0.25, 0.3) is 0 Å². The van der Waals surface area contributed by atoms with E-state index in [2.05, 4.69) is 14.9 Å².